The molecule has 0 aliphatic carbocycles. The number of carbonyl (C=O) groups excluding carboxylic acids is 1. The number of rotatable bonds is 5. The highest BCUT2D eigenvalue weighted by molar-refractivity contribution is 5.79. The molecule has 0 heterocycles. The van der Waals surface area contributed by atoms with Gasteiger partial charge in [0, 0.05) is 6.54 Å². The topological polar surface area (TPSA) is 55.1 Å². The van der Waals surface area contributed by atoms with Crippen LogP contribution in [0.2, 0.25) is 0 Å². The minimum absolute atomic E-state index is 0.129. The summed E-state index contributed by atoms with van der Waals surface area (Å²) in [5.41, 5.74) is 7.45. The Morgan fingerprint density at radius 2 is 1.75 bits per heavy atom. The van der Waals surface area contributed by atoms with Crippen molar-refractivity contribution in [3.63, 3.8) is 0 Å². The zero-order valence-electron chi connectivity index (χ0n) is 11.1. The molecule has 104 valence electrons. The van der Waals surface area contributed by atoms with Crippen LogP contribution in [0.25, 0.3) is 0 Å². The minimum Gasteiger partial charge on any atom is -0.348 e. The van der Waals surface area contributed by atoms with Crippen LogP contribution < -0.4 is 11.1 Å². The fourth-order valence-corrected chi connectivity index (χ4v) is 2.00. The van der Waals surface area contributed by atoms with Crippen LogP contribution in [-0.2, 0) is 11.2 Å². The second-order valence-electron chi connectivity index (χ2n) is 4.57. The molecule has 0 bridgehead atoms. The van der Waals surface area contributed by atoms with Gasteiger partial charge < -0.3 is 11.1 Å². The third-order valence-corrected chi connectivity index (χ3v) is 3.05. The van der Waals surface area contributed by atoms with Gasteiger partial charge in [0.1, 0.15) is 5.82 Å². The Labute approximate surface area is 117 Å². The first kappa shape index (κ1) is 14.2. The second-order valence-corrected chi connectivity index (χ2v) is 4.57. The largest absolute Gasteiger partial charge is 0.348 e. The molecule has 1 amide bonds. The summed E-state index contributed by atoms with van der Waals surface area (Å²) < 4.78 is 12.8. The summed E-state index contributed by atoms with van der Waals surface area (Å²) in [6.45, 7) is 0.333. The van der Waals surface area contributed by atoms with Crippen molar-refractivity contribution in [2.24, 2.45) is 5.73 Å². The maximum atomic E-state index is 12.8. The number of hydrogen-bond donors (Lipinski definition) is 2. The summed E-state index contributed by atoms with van der Waals surface area (Å²) in [5.74, 6) is -0.436. The van der Waals surface area contributed by atoms with Gasteiger partial charge in [-0.1, -0.05) is 42.5 Å². The molecule has 20 heavy (non-hydrogen) atoms. The van der Waals surface area contributed by atoms with Gasteiger partial charge in [-0.3, -0.25) is 4.79 Å². The van der Waals surface area contributed by atoms with E-state index >= 15 is 0 Å². The van der Waals surface area contributed by atoms with Gasteiger partial charge in [0.15, 0.2) is 0 Å². The molecule has 0 saturated heterocycles. The lowest BCUT2D eigenvalue weighted by molar-refractivity contribution is -0.121. The van der Waals surface area contributed by atoms with Crippen molar-refractivity contribution in [2.45, 2.75) is 12.5 Å². The Kier molecular flexibility index (Phi) is 4.85. The summed E-state index contributed by atoms with van der Waals surface area (Å²) in [5, 5.41) is 2.89. The standard InChI is InChI=1S/C16H17FN2O/c17-14-8-6-12(7-9-14)10-16(20)19-15(11-18)13-4-2-1-3-5-13/h1-9,15H,10-11,18H2,(H,19,20). The molecular weight excluding hydrogens is 255 g/mol. The van der Waals surface area contributed by atoms with E-state index in [1.54, 1.807) is 12.1 Å². The number of hydrogen-bond acceptors (Lipinski definition) is 2. The smallest absolute Gasteiger partial charge is 0.224 e. The van der Waals surface area contributed by atoms with E-state index in [0.717, 1.165) is 11.1 Å². The molecule has 2 aromatic carbocycles. The molecule has 0 aliphatic heterocycles. The summed E-state index contributed by atoms with van der Waals surface area (Å²) >= 11 is 0. The Balaban J connectivity index is 1.97. The molecule has 0 saturated carbocycles. The third kappa shape index (κ3) is 3.90. The quantitative estimate of drug-likeness (QED) is 0.876. The lowest BCUT2D eigenvalue weighted by atomic mass is 10.1. The Morgan fingerprint density at radius 3 is 2.35 bits per heavy atom. The zero-order chi connectivity index (χ0) is 14.4. The highest BCUT2D eigenvalue weighted by Crippen LogP contribution is 2.11. The maximum Gasteiger partial charge on any atom is 0.224 e. The predicted octanol–water partition coefficient (Wildman–Crippen LogP) is 2.18. The molecule has 0 spiro atoms. The Hall–Kier alpha value is -2.20. The molecule has 0 aliphatic rings. The highest BCUT2D eigenvalue weighted by atomic mass is 19.1. The number of benzene rings is 2. The van der Waals surface area contributed by atoms with Crippen molar-refractivity contribution in [3.8, 4) is 0 Å². The predicted molar refractivity (Wildman–Crippen MR) is 76.5 cm³/mol. The van der Waals surface area contributed by atoms with Crippen molar-refractivity contribution < 1.29 is 9.18 Å². The van der Waals surface area contributed by atoms with Gasteiger partial charge in [-0.2, -0.15) is 0 Å². The molecule has 3 N–H and O–H groups in total. The number of amides is 1. The summed E-state index contributed by atoms with van der Waals surface area (Å²) in [7, 11) is 0. The lowest BCUT2D eigenvalue weighted by Gasteiger charge is -2.17. The van der Waals surface area contributed by atoms with E-state index in [9.17, 15) is 9.18 Å². The van der Waals surface area contributed by atoms with Gasteiger partial charge in [-0.05, 0) is 23.3 Å². The van der Waals surface area contributed by atoms with E-state index in [1.165, 1.54) is 12.1 Å². The van der Waals surface area contributed by atoms with Crippen molar-refractivity contribution in [1.82, 2.24) is 5.32 Å². The van der Waals surface area contributed by atoms with Gasteiger partial charge in [-0.25, -0.2) is 4.39 Å². The number of nitrogens with one attached hydrogen (secondary N) is 1. The van der Waals surface area contributed by atoms with Gasteiger partial charge >= 0.3 is 0 Å². The SMILES string of the molecule is NCC(NC(=O)Cc1ccc(F)cc1)c1ccccc1. The van der Waals surface area contributed by atoms with Crippen LogP contribution in [0.15, 0.2) is 54.6 Å². The molecule has 2 aromatic rings. The van der Waals surface area contributed by atoms with E-state index in [2.05, 4.69) is 5.32 Å². The van der Waals surface area contributed by atoms with Crippen molar-refractivity contribution >= 4 is 5.91 Å². The number of carbonyl (C=O) groups is 1. The molecule has 1 unspecified atom stereocenters. The first-order valence-corrected chi connectivity index (χ1v) is 6.48. The van der Waals surface area contributed by atoms with Crippen molar-refractivity contribution in [1.29, 1.82) is 0 Å². The summed E-state index contributed by atoms with van der Waals surface area (Å²) in [4.78, 5) is 12.0. The first-order chi connectivity index (χ1) is 9.69. The summed E-state index contributed by atoms with van der Waals surface area (Å²) in [6, 6.07) is 15.3. The van der Waals surface area contributed by atoms with Gasteiger partial charge in [0.05, 0.1) is 12.5 Å². The highest BCUT2D eigenvalue weighted by Gasteiger charge is 2.12. The van der Waals surface area contributed by atoms with E-state index in [4.69, 9.17) is 5.73 Å². The van der Waals surface area contributed by atoms with Gasteiger partial charge in [0.25, 0.3) is 0 Å². The first-order valence-electron chi connectivity index (χ1n) is 6.48. The van der Waals surface area contributed by atoms with Crippen LogP contribution in [0.4, 0.5) is 4.39 Å². The molecule has 1 atom stereocenters. The van der Waals surface area contributed by atoms with Crippen LogP contribution >= 0.6 is 0 Å². The lowest BCUT2D eigenvalue weighted by Crippen LogP contribution is -2.34. The van der Waals surface area contributed by atoms with Crippen LogP contribution in [0.3, 0.4) is 0 Å². The minimum atomic E-state index is -0.307. The van der Waals surface area contributed by atoms with E-state index < -0.39 is 0 Å². The fraction of sp³-hybridized carbons (Fsp3) is 0.188. The molecular formula is C16H17FN2O. The summed E-state index contributed by atoms with van der Waals surface area (Å²) in [6.07, 6.45) is 0.212. The molecule has 2 rings (SSSR count). The number of halogens is 1. The third-order valence-electron chi connectivity index (χ3n) is 3.05. The zero-order valence-corrected chi connectivity index (χ0v) is 11.1. The van der Waals surface area contributed by atoms with Crippen LogP contribution in [0, 0.1) is 5.82 Å². The number of nitrogens with two attached hydrogens (primary N) is 1. The van der Waals surface area contributed by atoms with E-state index in [-0.39, 0.29) is 24.2 Å². The average molecular weight is 272 g/mol. The molecule has 4 heteroatoms. The molecule has 0 fully saturated rings. The molecule has 0 aromatic heterocycles. The maximum absolute atomic E-state index is 12.8. The van der Waals surface area contributed by atoms with Gasteiger partial charge in [-0.15, -0.1) is 0 Å². The normalized spacial score (nSPS) is 11.9. The van der Waals surface area contributed by atoms with Crippen molar-refractivity contribution in [2.75, 3.05) is 6.54 Å². The van der Waals surface area contributed by atoms with Crippen molar-refractivity contribution in [3.05, 3.63) is 71.5 Å². The van der Waals surface area contributed by atoms with E-state index in [1.807, 2.05) is 30.3 Å². The Bertz CT molecular complexity index is 554. The molecule has 0 radical (unpaired) electrons. The average Bonchev–Trinajstić information content (AvgIpc) is 2.48. The van der Waals surface area contributed by atoms with E-state index in [0.29, 0.717) is 6.54 Å². The Morgan fingerprint density at radius 1 is 1.10 bits per heavy atom. The van der Waals surface area contributed by atoms with Crippen LogP contribution in [0.1, 0.15) is 17.2 Å². The van der Waals surface area contributed by atoms with Crippen LogP contribution in [-0.4, -0.2) is 12.5 Å². The monoisotopic (exact) mass is 272 g/mol. The second kappa shape index (κ2) is 6.82. The molecule has 3 nitrogen and oxygen atoms in total. The van der Waals surface area contributed by atoms with Crippen LogP contribution in [0.5, 0.6) is 0 Å². The van der Waals surface area contributed by atoms with Gasteiger partial charge in [0.2, 0.25) is 5.91 Å². The fourth-order valence-electron chi connectivity index (χ4n) is 2.00.